The average molecular weight is 208 g/mol. The zero-order valence-corrected chi connectivity index (χ0v) is 9.13. The zero-order chi connectivity index (χ0) is 10.5. The number of hydrogen-bond donors (Lipinski definition) is 3. The quantitative estimate of drug-likeness (QED) is 0.664. The molecule has 0 atom stereocenters. The van der Waals surface area contributed by atoms with Crippen LogP contribution in [0.15, 0.2) is 6.20 Å². The van der Waals surface area contributed by atoms with Gasteiger partial charge in [-0.1, -0.05) is 25.7 Å². The predicted molar refractivity (Wildman–Crippen MR) is 61.3 cm³/mol. The molecule has 1 aromatic rings. The van der Waals surface area contributed by atoms with Crippen molar-refractivity contribution < 1.29 is 0 Å². The maximum absolute atomic E-state index is 5.73. The summed E-state index contributed by atoms with van der Waals surface area (Å²) in [6.45, 7) is 0.840. The van der Waals surface area contributed by atoms with E-state index in [2.05, 4.69) is 15.5 Å². The van der Waals surface area contributed by atoms with E-state index in [4.69, 9.17) is 5.73 Å². The van der Waals surface area contributed by atoms with E-state index in [1.54, 1.807) is 6.20 Å². The van der Waals surface area contributed by atoms with Gasteiger partial charge < -0.3 is 11.1 Å². The molecule has 4 heteroatoms. The smallest absolute Gasteiger partial charge is 0.123 e. The van der Waals surface area contributed by atoms with Gasteiger partial charge >= 0.3 is 0 Å². The molecule has 1 aromatic heterocycles. The van der Waals surface area contributed by atoms with Crippen molar-refractivity contribution in [2.24, 2.45) is 0 Å². The van der Waals surface area contributed by atoms with Gasteiger partial charge in [0.05, 0.1) is 6.20 Å². The van der Waals surface area contributed by atoms with Crippen LogP contribution in [0.3, 0.4) is 0 Å². The molecule has 0 radical (unpaired) electrons. The third kappa shape index (κ3) is 2.96. The van der Waals surface area contributed by atoms with E-state index >= 15 is 0 Å². The second-order valence-electron chi connectivity index (χ2n) is 4.38. The number of hydrogen-bond acceptors (Lipinski definition) is 3. The minimum absolute atomic E-state index is 0.668. The SMILES string of the molecule is Nc1[nH]ncc1CNC1CCCCCC1. The van der Waals surface area contributed by atoms with Crippen LogP contribution >= 0.6 is 0 Å². The van der Waals surface area contributed by atoms with Crippen molar-refractivity contribution in [1.82, 2.24) is 15.5 Å². The summed E-state index contributed by atoms with van der Waals surface area (Å²) in [7, 11) is 0. The van der Waals surface area contributed by atoms with E-state index in [1.165, 1.54) is 38.5 Å². The Kier molecular flexibility index (Phi) is 3.61. The molecular weight excluding hydrogens is 188 g/mol. The van der Waals surface area contributed by atoms with Crippen LogP contribution in [-0.4, -0.2) is 16.2 Å². The molecule has 0 unspecified atom stereocenters. The van der Waals surface area contributed by atoms with Crippen LogP contribution in [0.2, 0.25) is 0 Å². The predicted octanol–water partition coefficient (Wildman–Crippen LogP) is 1.80. The van der Waals surface area contributed by atoms with Crippen molar-refractivity contribution in [1.29, 1.82) is 0 Å². The molecule has 0 aromatic carbocycles. The highest BCUT2D eigenvalue weighted by Crippen LogP contribution is 2.18. The van der Waals surface area contributed by atoms with Crippen molar-refractivity contribution in [3.05, 3.63) is 11.8 Å². The fraction of sp³-hybridized carbons (Fsp3) is 0.727. The number of nitrogens with one attached hydrogen (secondary N) is 2. The van der Waals surface area contributed by atoms with Crippen molar-refractivity contribution in [3.8, 4) is 0 Å². The van der Waals surface area contributed by atoms with Gasteiger partial charge in [0.15, 0.2) is 0 Å². The summed E-state index contributed by atoms with van der Waals surface area (Å²) in [6, 6.07) is 0.668. The molecule has 0 saturated heterocycles. The van der Waals surface area contributed by atoms with E-state index in [9.17, 15) is 0 Å². The van der Waals surface area contributed by atoms with Gasteiger partial charge in [-0.3, -0.25) is 5.10 Å². The monoisotopic (exact) mass is 208 g/mol. The van der Waals surface area contributed by atoms with Crippen molar-refractivity contribution in [2.45, 2.75) is 51.1 Å². The molecule has 1 heterocycles. The standard InChI is InChI=1S/C11H20N4/c12-11-9(8-14-15-11)7-13-10-5-3-1-2-4-6-10/h8,10,13H,1-7H2,(H3,12,14,15). The van der Waals surface area contributed by atoms with Gasteiger partial charge in [-0.05, 0) is 12.8 Å². The topological polar surface area (TPSA) is 66.7 Å². The average Bonchev–Trinajstić information content (AvgIpc) is 2.53. The fourth-order valence-corrected chi connectivity index (χ4v) is 2.20. The maximum Gasteiger partial charge on any atom is 0.123 e. The number of rotatable bonds is 3. The lowest BCUT2D eigenvalue weighted by Gasteiger charge is -2.15. The highest BCUT2D eigenvalue weighted by atomic mass is 15.1. The second-order valence-corrected chi connectivity index (χ2v) is 4.38. The number of nitrogen functional groups attached to an aromatic ring is 1. The summed E-state index contributed by atoms with van der Waals surface area (Å²) in [4.78, 5) is 0. The summed E-state index contributed by atoms with van der Waals surface area (Å²) in [6.07, 6.45) is 9.92. The molecule has 0 spiro atoms. The Labute approximate surface area is 90.6 Å². The minimum atomic E-state index is 0.668. The Morgan fingerprint density at radius 3 is 2.67 bits per heavy atom. The van der Waals surface area contributed by atoms with Gasteiger partial charge in [-0.15, -0.1) is 0 Å². The lowest BCUT2D eigenvalue weighted by molar-refractivity contribution is 0.459. The summed E-state index contributed by atoms with van der Waals surface area (Å²) < 4.78 is 0. The lowest BCUT2D eigenvalue weighted by atomic mass is 10.1. The van der Waals surface area contributed by atoms with Gasteiger partial charge in [0, 0.05) is 18.2 Å². The molecule has 1 aliphatic carbocycles. The number of aromatic nitrogens is 2. The molecule has 1 fully saturated rings. The first kappa shape index (κ1) is 10.5. The molecule has 0 aliphatic heterocycles. The number of nitrogens with two attached hydrogens (primary N) is 1. The first-order valence-electron chi connectivity index (χ1n) is 5.87. The van der Waals surface area contributed by atoms with Gasteiger partial charge in [-0.25, -0.2) is 0 Å². The zero-order valence-electron chi connectivity index (χ0n) is 9.13. The molecule has 84 valence electrons. The van der Waals surface area contributed by atoms with Gasteiger partial charge in [-0.2, -0.15) is 5.10 Å². The van der Waals surface area contributed by atoms with E-state index in [1.807, 2.05) is 0 Å². The van der Waals surface area contributed by atoms with E-state index < -0.39 is 0 Å². The molecule has 2 rings (SSSR count). The Bertz CT molecular complexity index is 287. The first-order valence-corrected chi connectivity index (χ1v) is 5.87. The maximum atomic E-state index is 5.73. The van der Waals surface area contributed by atoms with Crippen LogP contribution in [0.4, 0.5) is 5.82 Å². The number of H-pyrrole nitrogens is 1. The highest BCUT2D eigenvalue weighted by molar-refractivity contribution is 5.36. The Hall–Kier alpha value is -1.03. The van der Waals surface area contributed by atoms with Gasteiger partial charge in [0.1, 0.15) is 5.82 Å². The highest BCUT2D eigenvalue weighted by Gasteiger charge is 2.12. The van der Waals surface area contributed by atoms with E-state index in [0.29, 0.717) is 11.9 Å². The number of nitrogens with zero attached hydrogens (tertiary/aromatic N) is 1. The minimum Gasteiger partial charge on any atom is -0.384 e. The van der Waals surface area contributed by atoms with Crippen LogP contribution in [0, 0.1) is 0 Å². The molecule has 0 amide bonds. The van der Waals surface area contributed by atoms with Gasteiger partial charge in [0.2, 0.25) is 0 Å². The van der Waals surface area contributed by atoms with E-state index in [-0.39, 0.29) is 0 Å². The molecule has 1 aliphatic rings. The molecule has 0 bridgehead atoms. The van der Waals surface area contributed by atoms with Crippen molar-refractivity contribution in [2.75, 3.05) is 5.73 Å². The fourth-order valence-electron chi connectivity index (χ4n) is 2.20. The van der Waals surface area contributed by atoms with Crippen LogP contribution in [0.25, 0.3) is 0 Å². The third-order valence-corrected chi connectivity index (χ3v) is 3.19. The summed E-state index contributed by atoms with van der Waals surface area (Å²) in [5.74, 6) is 0.691. The molecule has 1 saturated carbocycles. The number of aromatic amines is 1. The van der Waals surface area contributed by atoms with Crippen LogP contribution < -0.4 is 11.1 Å². The normalized spacial score (nSPS) is 18.9. The summed E-state index contributed by atoms with van der Waals surface area (Å²) in [5, 5.41) is 10.2. The lowest BCUT2D eigenvalue weighted by Crippen LogP contribution is -2.27. The third-order valence-electron chi connectivity index (χ3n) is 3.19. The second kappa shape index (κ2) is 5.16. The molecule has 4 N–H and O–H groups in total. The Balaban J connectivity index is 1.79. The summed E-state index contributed by atoms with van der Waals surface area (Å²) >= 11 is 0. The summed E-state index contributed by atoms with van der Waals surface area (Å²) in [5.41, 5.74) is 6.81. The molecular formula is C11H20N4. The van der Waals surface area contributed by atoms with Crippen LogP contribution in [0.1, 0.15) is 44.1 Å². The van der Waals surface area contributed by atoms with Gasteiger partial charge in [0.25, 0.3) is 0 Å². The Morgan fingerprint density at radius 2 is 2.07 bits per heavy atom. The molecule has 15 heavy (non-hydrogen) atoms. The van der Waals surface area contributed by atoms with Crippen LogP contribution in [0.5, 0.6) is 0 Å². The largest absolute Gasteiger partial charge is 0.384 e. The Morgan fingerprint density at radius 1 is 1.33 bits per heavy atom. The van der Waals surface area contributed by atoms with Crippen LogP contribution in [-0.2, 0) is 6.54 Å². The van der Waals surface area contributed by atoms with E-state index in [0.717, 1.165) is 12.1 Å². The number of anilines is 1. The van der Waals surface area contributed by atoms with Crippen molar-refractivity contribution in [3.63, 3.8) is 0 Å². The molecule has 4 nitrogen and oxygen atoms in total. The van der Waals surface area contributed by atoms with Crippen molar-refractivity contribution >= 4 is 5.82 Å². The first-order chi connectivity index (χ1) is 7.36.